The van der Waals surface area contributed by atoms with Crippen molar-refractivity contribution in [2.75, 3.05) is 13.2 Å². The van der Waals surface area contributed by atoms with Gasteiger partial charge in [-0.1, -0.05) is 274 Å². The molecular weight excluding hydrogens is 863 g/mol. The maximum atomic E-state index is 12.4. The molecule has 0 aliphatic carbocycles. The summed E-state index contributed by atoms with van der Waals surface area (Å²) in [6.45, 7) is 4.82. The van der Waals surface area contributed by atoms with Gasteiger partial charge in [0.2, 0.25) is 5.91 Å². The summed E-state index contributed by atoms with van der Waals surface area (Å²) in [4.78, 5) is 24.4. The Morgan fingerprint density at radius 3 is 1.16 bits per heavy atom. The molecule has 0 rings (SSSR count). The van der Waals surface area contributed by atoms with Crippen molar-refractivity contribution in [3.8, 4) is 0 Å². The van der Waals surface area contributed by atoms with Crippen LogP contribution in [0, 0.1) is 0 Å². The third kappa shape index (κ3) is 55.1. The molecule has 410 valence electrons. The Morgan fingerprint density at radius 2 is 0.743 bits per heavy atom. The molecule has 0 spiro atoms. The van der Waals surface area contributed by atoms with Crippen molar-refractivity contribution in [3.05, 3.63) is 48.6 Å². The van der Waals surface area contributed by atoms with E-state index in [2.05, 4.69) is 55.6 Å². The Kier molecular flexibility index (Phi) is 57.5. The molecule has 2 unspecified atom stereocenters. The van der Waals surface area contributed by atoms with Gasteiger partial charge in [-0.15, -0.1) is 0 Å². The normalized spacial score (nSPS) is 12.9. The minimum atomic E-state index is -0.842. The highest BCUT2D eigenvalue weighted by Gasteiger charge is 2.18. The number of hydrogen-bond acceptors (Lipinski definition) is 5. The van der Waals surface area contributed by atoms with Gasteiger partial charge in [-0.3, -0.25) is 9.59 Å². The highest BCUT2D eigenvalue weighted by molar-refractivity contribution is 5.76. The van der Waals surface area contributed by atoms with Gasteiger partial charge in [0, 0.05) is 12.8 Å². The van der Waals surface area contributed by atoms with Crippen LogP contribution in [0.4, 0.5) is 0 Å². The third-order valence-corrected chi connectivity index (χ3v) is 14.0. The number of rotatable bonds is 57. The van der Waals surface area contributed by atoms with Crippen molar-refractivity contribution in [2.24, 2.45) is 0 Å². The fourth-order valence-corrected chi connectivity index (χ4v) is 9.31. The number of aliphatic hydroxyl groups excluding tert-OH is 2. The van der Waals surface area contributed by atoms with E-state index in [1.54, 1.807) is 6.08 Å². The molecule has 0 aliphatic rings. The predicted octanol–water partition coefficient (Wildman–Crippen LogP) is 19.4. The standard InChI is InChI=1S/C64H119NO5/c1-3-5-7-9-11-13-15-34-38-42-46-50-54-58-64(69)70-59-55-51-47-43-39-36-33-31-29-27-25-23-21-19-17-16-18-20-22-24-26-28-30-32-35-37-41-45-49-53-57-63(68)65-61(60-66)62(67)56-52-48-44-40-14-12-10-8-6-4-2/h7,9,13,15,17,19,52,56,61-62,66-67H,3-6,8,10-12,14,16,18,20-51,53-55,57-60H2,1-2H3,(H,65,68)/b9-7-,15-13-,19-17-,56-52+. The molecule has 6 heteroatoms. The second-order valence-electron chi connectivity index (χ2n) is 21.0. The van der Waals surface area contributed by atoms with Crippen molar-refractivity contribution < 1.29 is 24.5 Å². The molecule has 0 bridgehead atoms. The number of aliphatic hydroxyl groups is 2. The number of esters is 1. The second-order valence-corrected chi connectivity index (χ2v) is 21.0. The molecule has 0 fully saturated rings. The lowest BCUT2D eigenvalue weighted by Gasteiger charge is -2.20. The first-order valence-corrected chi connectivity index (χ1v) is 30.9. The zero-order valence-electron chi connectivity index (χ0n) is 46.7. The first kappa shape index (κ1) is 67.8. The smallest absolute Gasteiger partial charge is 0.305 e. The highest BCUT2D eigenvalue weighted by Crippen LogP contribution is 2.17. The molecule has 2 atom stereocenters. The predicted molar refractivity (Wildman–Crippen MR) is 306 cm³/mol. The van der Waals surface area contributed by atoms with Crippen LogP contribution in [0.5, 0.6) is 0 Å². The minimum Gasteiger partial charge on any atom is -0.466 e. The molecule has 0 saturated heterocycles. The van der Waals surface area contributed by atoms with Crippen molar-refractivity contribution in [3.63, 3.8) is 0 Å². The fourth-order valence-electron chi connectivity index (χ4n) is 9.31. The van der Waals surface area contributed by atoms with Gasteiger partial charge in [-0.05, 0) is 83.5 Å². The van der Waals surface area contributed by atoms with Gasteiger partial charge in [0.15, 0.2) is 0 Å². The first-order chi connectivity index (χ1) is 34.5. The van der Waals surface area contributed by atoms with Crippen LogP contribution in [0.25, 0.3) is 0 Å². The lowest BCUT2D eigenvalue weighted by Crippen LogP contribution is -2.45. The molecule has 3 N–H and O–H groups in total. The number of amides is 1. The van der Waals surface area contributed by atoms with Crippen molar-refractivity contribution in [2.45, 2.75) is 334 Å². The first-order valence-electron chi connectivity index (χ1n) is 30.9. The Bertz CT molecular complexity index is 1180. The van der Waals surface area contributed by atoms with Crippen LogP contribution in [0.15, 0.2) is 48.6 Å². The van der Waals surface area contributed by atoms with E-state index in [9.17, 15) is 19.8 Å². The van der Waals surface area contributed by atoms with E-state index >= 15 is 0 Å². The van der Waals surface area contributed by atoms with E-state index in [1.807, 2.05) is 6.08 Å². The lowest BCUT2D eigenvalue weighted by atomic mass is 10.0. The zero-order chi connectivity index (χ0) is 50.7. The third-order valence-electron chi connectivity index (χ3n) is 14.0. The topological polar surface area (TPSA) is 95.9 Å². The second kappa shape index (κ2) is 59.4. The van der Waals surface area contributed by atoms with Crippen molar-refractivity contribution in [1.29, 1.82) is 0 Å². The molecule has 6 nitrogen and oxygen atoms in total. The summed E-state index contributed by atoms with van der Waals surface area (Å²) in [7, 11) is 0. The van der Waals surface area contributed by atoms with E-state index in [4.69, 9.17) is 4.74 Å². The van der Waals surface area contributed by atoms with Gasteiger partial charge in [0.25, 0.3) is 0 Å². The molecule has 0 heterocycles. The van der Waals surface area contributed by atoms with E-state index in [-0.39, 0.29) is 18.5 Å². The maximum Gasteiger partial charge on any atom is 0.305 e. The van der Waals surface area contributed by atoms with E-state index < -0.39 is 12.1 Å². The summed E-state index contributed by atoms with van der Waals surface area (Å²) in [6, 6.07) is -0.625. The molecule has 0 aromatic carbocycles. The average molecular weight is 983 g/mol. The molecule has 0 aromatic heterocycles. The molecule has 0 aromatic rings. The summed E-state index contributed by atoms with van der Waals surface area (Å²) in [5.74, 6) is -0.0675. The average Bonchev–Trinajstić information content (AvgIpc) is 3.36. The van der Waals surface area contributed by atoms with Crippen LogP contribution in [0.1, 0.15) is 322 Å². The highest BCUT2D eigenvalue weighted by atomic mass is 16.5. The van der Waals surface area contributed by atoms with Crippen LogP contribution in [0.2, 0.25) is 0 Å². The van der Waals surface area contributed by atoms with Crippen molar-refractivity contribution >= 4 is 11.9 Å². The van der Waals surface area contributed by atoms with Gasteiger partial charge in [-0.25, -0.2) is 0 Å². The van der Waals surface area contributed by atoms with Crippen LogP contribution >= 0.6 is 0 Å². The van der Waals surface area contributed by atoms with Gasteiger partial charge >= 0.3 is 5.97 Å². The van der Waals surface area contributed by atoms with Gasteiger partial charge in [0.05, 0.1) is 25.4 Å². The van der Waals surface area contributed by atoms with Gasteiger partial charge < -0.3 is 20.3 Å². The summed E-state index contributed by atoms with van der Waals surface area (Å²) < 4.78 is 5.47. The monoisotopic (exact) mass is 982 g/mol. The molecule has 0 aliphatic heterocycles. The summed E-state index contributed by atoms with van der Waals surface area (Å²) >= 11 is 0. The Hall–Kier alpha value is -2.18. The van der Waals surface area contributed by atoms with E-state index in [0.717, 1.165) is 51.4 Å². The number of hydrogen-bond donors (Lipinski definition) is 3. The summed E-state index contributed by atoms with van der Waals surface area (Å²) in [5.41, 5.74) is 0. The molecule has 0 saturated carbocycles. The van der Waals surface area contributed by atoms with Crippen LogP contribution in [-0.2, 0) is 14.3 Å². The number of ether oxygens (including phenoxy) is 1. The van der Waals surface area contributed by atoms with Crippen LogP contribution in [-0.4, -0.2) is 47.4 Å². The quantitative estimate of drug-likeness (QED) is 0.0321. The molecular formula is C64H119NO5. The van der Waals surface area contributed by atoms with Crippen molar-refractivity contribution in [1.82, 2.24) is 5.32 Å². The van der Waals surface area contributed by atoms with Crippen LogP contribution < -0.4 is 5.32 Å². The Labute approximate surface area is 436 Å². The molecule has 70 heavy (non-hydrogen) atoms. The minimum absolute atomic E-state index is 0.000874. The fraction of sp³-hybridized carbons (Fsp3) is 0.844. The number of unbranched alkanes of at least 4 members (excludes halogenated alkanes) is 40. The van der Waals surface area contributed by atoms with Crippen LogP contribution in [0.3, 0.4) is 0 Å². The zero-order valence-corrected chi connectivity index (χ0v) is 46.7. The molecule has 0 radical (unpaired) electrons. The Morgan fingerprint density at radius 1 is 0.400 bits per heavy atom. The van der Waals surface area contributed by atoms with E-state index in [1.165, 1.54) is 244 Å². The number of carbonyl (C=O) groups is 2. The number of allylic oxidation sites excluding steroid dienone is 7. The molecule has 1 amide bonds. The van der Waals surface area contributed by atoms with Gasteiger partial charge in [-0.2, -0.15) is 0 Å². The SMILES string of the molecule is CCC/C=C\C/C=C\CCCCCCCC(=O)OCCCCCCCCCCCCCC/C=C\CCCCCCCCCCCCCCCCC(=O)NC(CO)C(O)/C=C/CCCCCCCCCC. The largest absolute Gasteiger partial charge is 0.466 e. The summed E-state index contributed by atoms with van der Waals surface area (Å²) in [6.07, 6.45) is 76.0. The number of carbonyl (C=O) groups excluding carboxylic acids is 2. The Balaban J connectivity index is 3.36. The summed E-state index contributed by atoms with van der Waals surface area (Å²) in [5, 5.41) is 23.0. The lowest BCUT2D eigenvalue weighted by molar-refractivity contribution is -0.143. The number of nitrogens with one attached hydrogen (secondary N) is 1. The van der Waals surface area contributed by atoms with Gasteiger partial charge in [0.1, 0.15) is 0 Å². The maximum absolute atomic E-state index is 12.4. The van der Waals surface area contributed by atoms with E-state index in [0.29, 0.717) is 19.4 Å².